The van der Waals surface area contributed by atoms with E-state index in [1.165, 1.54) is 19.3 Å². The highest BCUT2D eigenvalue weighted by molar-refractivity contribution is 4.63. The van der Waals surface area contributed by atoms with Crippen LogP contribution in [0.25, 0.3) is 0 Å². The second-order valence-corrected chi connectivity index (χ2v) is 3.88. The second kappa shape index (κ2) is 6.33. The molecule has 0 spiro atoms. The van der Waals surface area contributed by atoms with E-state index >= 15 is 0 Å². The Hall–Kier alpha value is -0.290. The molecule has 1 aliphatic rings. The number of halogens is 3. The largest absolute Gasteiger partial charge is 0.391 e. The molecule has 0 saturated carbocycles. The Morgan fingerprint density at radius 1 is 1.00 bits per heavy atom. The molecule has 0 aliphatic carbocycles. The first-order valence-electron chi connectivity index (χ1n) is 5.45. The van der Waals surface area contributed by atoms with Crippen LogP contribution in [0.1, 0.15) is 25.7 Å². The van der Waals surface area contributed by atoms with Crippen LogP contribution >= 0.6 is 0 Å². The molecular formula is C10H18F3NO. The highest BCUT2D eigenvalue weighted by atomic mass is 19.4. The molecule has 2 nitrogen and oxygen atoms in total. The van der Waals surface area contributed by atoms with Gasteiger partial charge in [-0.2, -0.15) is 13.2 Å². The van der Waals surface area contributed by atoms with E-state index < -0.39 is 12.6 Å². The molecule has 0 unspecified atom stereocenters. The Balaban J connectivity index is 1.92. The van der Waals surface area contributed by atoms with Gasteiger partial charge in [0.1, 0.15) is 0 Å². The first-order valence-corrected chi connectivity index (χ1v) is 5.45. The summed E-state index contributed by atoms with van der Waals surface area (Å²) in [6.07, 6.45) is -1.27. The normalized spacial score (nSPS) is 19.4. The lowest BCUT2D eigenvalue weighted by Gasteiger charge is -2.26. The highest BCUT2D eigenvalue weighted by Crippen LogP contribution is 2.18. The van der Waals surface area contributed by atoms with Gasteiger partial charge in [-0.15, -0.1) is 0 Å². The van der Waals surface area contributed by atoms with E-state index in [4.69, 9.17) is 4.74 Å². The summed E-state index contributed by atoms with van der Waals surface area (Å²) in [5.74, 6) is 0. The second-order valence-electron chi connectivity index (χ2n) is 3.88. The summed E-state index contributed by atoms with van der Waals surface area (Å²) in [4.78, 5) is 2.25. The summed E-state index contributed by atoms with van der Waals surface area (Å²) in [5, 5.41) is 0. The third-order valence-electron chi connectivity index (χ3n) is 2.53. The van der Waals surface area contributed by atoms with Crippen LogP contribution < -0.4 is 0 Å². The molecule has 0 bridgehead atoms. The van der Waals surface area contributed by atoms with E-state index in [1.807, 2.05) is 0 Å². The Labute approximate surface area is 88.4 Å². The molecule has 0 N–H and O–H groups in total. The molecule has 5 heteroatoms. The molecule has 0 aromatic heterocycles. The minimum Gasteiger partial charge on any atom is -0.380 e. The van der Waals surface area contributed by atoms with Crippen LogP contribution in [0.15, 0.2) is 0 Å². The van der Waals surface area contributed by atoms with Gasteiger partial charge >= 0.3 is 6.18 Å². The number of ether oxygens (including phenoxy) is 1. The minimum atomic E-state index is -4.09. The molecule has 1 saturated heterocycles. The fourth-order valence-electron chi connectivity index (χ4n) is 1.67. The van der Waals surface area contributed by atoms with E-state index in [0.29, 0.717) is 6.61 Å². The predicted molar refractivity (Wildman–Crippen MR) is 51.8 cm³/mol. The van der Waals surface area contributed by atoms with Gasteiger partial charge < -0.3 is 9.64 Å². The van der Waals surface area contributed by atoms with Crippen molar-refractivity contribution in [3.05, 3.63) is 0 Å². The number of rotatable bonds is 5. The maximum absolute atomic E-state index is 11.7. The molecular weight excluding hydrogens is 207 g/mol. The number of hydrogen-bond donors (Lipinski definition) is 0. The molecule has 1 heterocycles. The Morgan fingerprint density at radius 3 is 2.27 bits per heavy atom. The van der Waals surface area contributed by atoms with Gasteiger partial charge in [-0.25, -0.2) is 0 Å². The molecule has 90 valence electrons. The summed E-state index contributed by atoms with van der Waals surface area (Å²) in [7, 11) is 0. The van der Waals surface area contributed by atoms with Gasteiger partial charge in [-0.1, -0.05) is 6.42 Å². The Bertz CT molecular complexity index is 167. The van der Waals surface area contributed by atoms with Crippen molar-refractivity contribution >= 4 is 0 Å². The molecule has 1 aliphatic heterocycles. The van der Waals surface area contributed by atoms with Crippen molar-refractivity contribution in [3.8, 4) is 0 Å². The van der Waals surface area contributed by atoms with Gasteiger partial charge in [-0.05, 0) is 25.9 Å². The van der Waals surface area contributed by atoms with Crippen molar-refractivity contribution in [3.63, 3.8) is 0 Å². The highest BCUT2D eigenvalue weighted by Gasteiger charge is 2.26. The zero-order chi connectivity index (χ0) is 11.1. The van der Waals surface area contributed by atoms with Crippen LogP contribution in [-0.4, -0.2) is 43.9 Å². The smallest absolute Gasteiger partial charge is 0.380 e. The molecule has 1 rings (SSSR count). The monoisotopic (exact) mass is 225 g/mol. The zero-order valence-corrected chi connectivity index (χ0v) is 8.85. The van der Waals surface area contributed by atoms with Gasteiger partial charge in [-0.3, -0.25) is 0 Å². The topological polar surface area (TPSA) is 12.5 Å². The van der Waals surface area contributed by atoms with Gasteiger partial charge in [0.05, 0.1) is 19.6 Å². The van der Waals surface area contributed by atoms with Crippen LogP contribution in [-0.2, 0) is 4.74 Å². The minimum absolute atomic E-state index is 0.211. The number of likely N-dealkylation sites (tertiary alicyclic amines) is 1. The lowest BCUT2D eigenvalue weighted by molar-refractivity contribution is -0.145. The standard InChI is InChI=1S/C10H18F3NO/c11-10(12,13)4-8-15-9-7-14-5-2-1-3-6-14/h1-9H2. The molecule has 15 heavy (non-hydrogen) atoms. The van der Waals surface area contributed by atoms with Crippen molar-refractivity contribution in [1.29, 1.82) is 0 Å². The van der Waals surface area contributed by atoms with Crippen LogP contribution in [0, 0.1) is 0 Å². The quantitative estimate of drug-likeness (QED) is 0.666. The van der Waals surface area contributed by atoms with E-state index in [0.717, 1.165) is 19.6 Å². The Morgan fingerprint density at radius 2 is 1.67 bits per heavy atom. The van der Waals surface area contributed by atoms with E-state index in [1.54, 1.807) is 0 Å². The summed E-state index contributed by atoms with van der Waals surface area (Å²) < 4.78 is 40.2. The summed E-state index contributed by atoms with van der Waals surface area (Å²) >= 11 is 0. The van der Waals surface area contributed by atoms with Crippen molar-refractivity contribution in [2.75, 3.05) is 32.8 Å². The predicted octanol–water partition coefficient (Wildman–Crippen LogP) is 2.44. The molecule has 0 atom stereocenters. The number of nitrogens with zero attached hydrogens (tertiary/aromatic N) is 1. The first-order chi connectivity index (χ1) is 7.08. The average Bonchev–Trinajstić information content (AvgIpc) is 2.17. The zero-order valence-electron chi connectivity index (χ0n) is 8.85. The average molecular weight is 225 g/mol. The van der Waals surface area contributed by atoms with Crippen molar-refractivity contribution in [2.45, 2.75) is 31.9 Å². The molecule has 0 aromatic carbocycles. The van der Waals surface area contributed by atoms with Crippen LogP contribution in [0.5, 0.6) is 0 Å². The van der Waals surface area contributed by atoms with E-state index in [-0.39, 0.29) is 6.61 Å². The molecule has 0 aromatic rings. The van der Waals surface area contributed by atoms with Gasteiger partial charge in [0, 0.05) is 6.54 Å². The van der Waals surface area contributed by atoms with Crippen LogP contribution in [0.2, 0.25) is 0 Å². The van der Waals surface area contributed by atoms with Crippen LogP contribution in [0.4, 0.5) is 13.2 Å². The number of piperidine rings is 1. The van der Waals surface area contributed by atoms with Gasteiger partial charge in [0.2, 0.25) is 0 Å². The first kappa shape index (κ1) is 12.8. The van der Waals surface area contributed by atoms with E-state index in [2.05, 4.69) is 4.90 Å². The maximum atomic E-state index is 11.7. The fourth-order valence-corrected chi connectivity index (χ4v) is 1.67. The van der Waals surface area contributed by atoms with Crippen molar-refractivity contribution in [2.24, 2.45) is 0 Å². The van der Waals surface area contributed by atoms with E-state index in [9.17, 15) is 13.2 Å². The van der Waals surface area contributed by atoms with Gasteiger partial charge in [0.25, 0.3) is 0 Å². The van der Waals surface area contributed by atoms with Crippen molar-refractivity contribution < 1.29 is 17.9 Å². The lowest BCUT2D eigenvalue weighted by Crippen LogP contribution is -2.32. The SMILES string of the molecule is FC(F)(F)CCOCCN1CCCCC1. The molecule has 0 radical (unpaired) electrons. The number of alkyl halides is 3. The van der Waals surface area contributed by atoms with Gasteiger partial charge in [0.15, 0.2) is 0 Å². The Kier molecular flexibility index (Phi) is 5.39. The van der Waals surface area contributed by atoms with Crippen molar-refractivity contribution in [1.82, 2.24) is 4.90 Å². The summed E-state index contributed by atoms with van der Waals surface area (Å²) in [6.45, 7) is 3.08. The maximum Gasteiger partial charge on any atom is 0.391 e. The lowest BCUT2D eigenvalue weighted by atomic mass is 10.1. The summed E-state index contributed by atoms with van der Waals surface area (Å²) in [5.41, 5.74) is 0. The molecule has 0 amide bonds. The third-order valence-corrected chi connectivity index (χ3v) is 2.53. The fraction of sp³-hybridized carbons (Fsp3) is 1.00. The third kappa shape index (κ3) is 6.73. The van der Waals surface area contributed by atoms with Crippen LogP contribution in [0.3, 0.4) is 0 Å². The number of hydrogen-bond acceptors (Lipinski definition) is 2. The summed E-state index contributed by atoms with van der Waals surface area (Å²) in [6, 6.07) is 0. The molecule has 1 fully saturated rings.